The lowest BCUT2D eigenvalue weighted by Gasteiger charge is -2.18. The van der Waals surface area contributed by atoms with E-state index >= 15 is 0 Å². The molecule has 0 fully saturated rings. The summed E-state index contributed by atoms with van der Waals surface area (Å²) < 4.78 is 0. The van der Waals surface area contributed by atoms with E-state index in [2.05, 4.69) is 19.1 Å². The average molecular weight is 375 g/mol. The van der Waals surface area contributed by atoms with Gasteiger partial charge in [-0.1, -0.05) is 70.4 Å². The number of ketones is 1. The molecular formula is C21H39ClO3. The fraction of sp³-hybridized carbons (Fsp3) is 0.857. The minimum Gasteiger partial charge on any atom is -0.360 e. The topological polar surface area (TPSA) is 57.5 Å². The number of carbonyl (C=O) groups excluding carboxylic acids is 1. The quantitative estimate of drug-likeness (QED) is 0.136. The maximum absolute atomic E-state index is 11.6. The number of alkyl halides is 1. The van der Waals surface area contributed by atoms with Gasteiger partial charge in [0.25, 0.3) is 0 Å². The number of aliphatic hydroxyl groups is 2. The normalized spacial score (nSPS) is 12.2. The number of hydrogen-bond donors (Lipinski definition) is 2. The van der Waals surface area contributed by atoms with Crippen LogP contribution in [0.5, 0.6) is 0 Å². The zero-order chi connectivity index (χ0) is 18.8. The van der Waals surface area contributed by atoms with E-state index in [4.69, 9.17) is 11.6 Å². The highest BCUT2D eigenvalue weighted by Gasteiger charge is 2.30. The Labute approximate surface area is 159 Å². The van der Waals surface area contributed by atoms with Gasteiger partial charge in [0.2, 0.25) is 5.79 Å². The predicted molar refractivity (Wildman–Crippen MR) is 107 cm³/mol. The summed E-state index contributed by atoms with van der Waals surface area (Å²) in [5.41, 5.74) is 0. The number of Topliss-reactive ketones (excluding diaryl/α,β-unsaturated/α-hetero) is 1. The van der Waals surface area contributed by atoms with Crippen molar-refractivity contribution in [2.24, 2.45) is 0 Å². The van der Waals surface area contributed by atoms with Crippen LogP contribution in [0.4, 0.5) is 0 Å². The monoisotopic (exact) mass is 374 g/mol. The van der Waals surface area contributed by atoms with Crippen LogP contribution in [-0.4, -0.2) is 27.7 Å². The molecule has 0 saturated carbocycles. The van der Waals surface area contributed by atoms with Gasteiger partial charge in [-0.15, -0.1) is 11.6 Å². The Morgan fingerprint density at radius 2 is 1.32 bits per heavy atom. The minimum absolute atomic E-state index is 0.0745. The fourth-order valence-electron chi connectivity index (χ4n) is 2.83. The first-order chi connectivity index (χ1) is 12.0. The molecule has 0 aliphatic rings. The van der Waals surface area contributed by atoms with Gasteiger partial charge in [-0.2, -0.15) is 0 Å². The van der Waals surface area contributed by atoms with E-state index in [1.165, 1.54) is 57.8 Å². The fourth-order valence-corrected chi connectivity index (χ4v) is 3.09. The number of unbranched alkanes of at least 4 members (excludes halogenated alkanes) is 11. The van der Waals surface area contributed by atoms with Gasteiger partial charge in [-0.05, 0) is 32.1 Å². The van der Waals surface area contributed by atoms with E-state index in [1.807, 2.05) is 0 Å². The van der Waals surface area contributed by atoms with Crippen LogP contribution < -0.4 is 0 Å². The highest BCUT2D eigenvalue weighted by atomic mass is 35.5. The molecule has 0 spiro atoms. The highest BCUT2D eigenvalue weighted by Crippen LogP contribution is 2.15. The zero-order valence-electron chi connectivity index (χ0n) is 16.1. The summed E-state index contributed by atoms with van der Waals surface area (Å²) in [6.07, 6.45) is 20.4. The van der Waals surface area contributed by atoms with Crippen molar-refractivity contribution in [3.8, 4) is 0 Å². The molecule has 0 atom stereocenters. The lowest BCUT2D eigenvalue weighted by molar-refractivity contribution is -0.183. The van der Waals surface area contributed by atoms with E-state index in [-0.39, 0.29) is 18.7 Å². The number of halogens is 1. The summed E-state index contributed by atoms with van der Waals surface area (Å²) in [7, 11) is 0. The molecule has 148 valence electrons. The molecule has 0 unspecified atom stereocenters. The molecule has 0 saturated heterocycles. The molecule has 0 aromatic carbocycles. The molecule has 0 aliphatic heterocycles. The van der Waals surface area contributed by atoms with Crippen molar-refractivity contribution in [1.82, 2.24) is 0 Å². The highest BCUT2D eigenvalue weighted by molar-refractivity contribution is 6.18. The number of allylic oxidation sites excluding steroid dienone is 2. The first-order valence-corrected chi connectivity index (χ1v) is 10.8. The average Bonchev–Trinajstić information content (AvgIpc) is 2.58. The van der Waals surface area contributed by atoms with Gasteiger partial charge in [0, 0.05) is 18.7 Å². The number of rotatable bonds is 18. The van der Waals surface area contributed by atoms with Crippen LogP contribution in [0.25, 0.3) is 0 Å². The summed E-state index contributed by atoms with van der Waals surface area (Å²) >= 11 is 5.45. The van der Waals surface area contributed by atoms with E-state index in [0.717, 1.165) is 25.7 Å². The lowest BCUT2D eigenvalue weighted by atomic mass is 10.0. The summed E-state index contributed by atoms with van der Waals surface area (Å²) in [5.74, 6) is -2.67. The molecule has 2 N–H and O–H groups in total. The summed E-state index contributed by atoms with van der Waals surface area (Å²) in [4.78, 5) is 11.6. The summed E-state index contributed by atoms with van der Waals surface area (Å²) in [5, 5.41) is 19.0. The SMILES string of the molecule is CCCCCCCC/C=C\CCCCCCCC(=O)C(O)(O)CCCl. The first-order valence-electron chi connectivity index (χ1n) is 10.2. The maximum Gasteiger partial charge on any atom is 0.225 e. The van der Waals surface area contributed by atoms with Crippen molar-refractivity contribution in [2.75, 3.05) is 5.88 Å². The van der Waals surface area contributed by atoms with Gasteiger partial charge in [0.05, 0.1) is 0 Å². The molecule has 25 heavy (non-hydrogen) atoms. The van der Waals surface area contributed by atoms with Crippen molar-refractivity contribution in [3.63, 3.8) is 0 Å². The van der Waals surface area contributed by atoms with Crippen LogP contribution in [-0.2, 0) is 4.79 Å². The van der Waals surface area contributed by atoms with Crippen LogP contribution in [0.2, 0.25) is 0 Å². The van der Waals surface area contributed by atoms with E-state index in [1.54, 1.807) is 0 Å². The smallest absolute Gasteiger partial charge is 0.225 e. The third-order valence-electron chi connectivity index (χ3n) is 4.56. The standard InChI is InChI=1S/C21H39ClO3/c1-2-3-4-5-6-7-8-9-10-11-12-13-14-15-16-17-20(23)21(24,25)18-19-22/h9-10,24-25H,2-8,11-19H2,1H3/b10-9-. The molecule has 0 amide bonds. The maximum atomic E-state index is 11.6. The van der Waals surface area contributed by atoms with Crippen LogP contribution in [0.1, 0.15) is 103 Å². The van der Waals surface area contributed by atoms with Gasteiger partial charge in [-0.25, -0.2) is 0 Å². The molecule has 0 aromatic heterocycles. The van der Waals surface area contributed by atoms with Crippen LogP contribution in [0.15, 0.2) is 12.2 Å². The molecule has 0 aliphatic carbocycles. The zero-order valence-corrected chi connectivity index (χ0v) is 16.9. The lowest BCUT2D eigenvalue weighted by Crippen LogP contribution is -2.38. The van der Waals surface area contributed by atoms with E-state index in [0.29, 0.717) is 0 Å². The van der Waals surface area contributed by atoms with Gasteiger partial charge < -0.3 is 10.2 Å². The van der Waals surface area contributed by atoms with Crippen LogP contribution >= 0.6 is 11.6 Å². The summed E-state index contributed by atoms with van der Waals surface area (Å²) in [6, 6.07) is 0. The van der Waals surface area contributed by atoms with Gasteiger partial charge in [0.15, 0.2) is 5.78 Å². The second-order valence-corrected chi connectivity index (χ2v) is 7.39. The molecule has 0 radical (unpaired) electrons. The third kappa shape index (κ3) is 15.6. The van der Waals surface area contributed by atoms with Gasteiger partial charge in [0.1, 0.15) is 0 Å². The van der Waals surface area contributed by atoms with Gasteiger partial charge in [-0.3, -0.25) is 4.79 Å². The van der Waals surface area contributed by atoms with Crippen molar-refractivity contribution >= 4 is 17.4 Å². The Morgan fingerprint density at radius 3 is 1.84 bits per heavy atom. The molecule has 0 aromatic rings. The minimum atomic E-state index is -2.23. The van der Waals surface area contributed by atoms with Crippen molar-refractivity contribution < 1.29 is 15.0 Å². The second kappa shape index (κ2) is 17.1. The Hall–Kier alpha value is -0.380. The van der Waals surface area contributed by atoms with Crippen molar-refractivity contribution in [2.45, 2.75) is 109 Å². The van der Waals surface area contributed by atoms with Crippen molar-refractivity contribution in [1.29, 1.82) is 0 Å². The Bertz CT molecular complexity index is 340. The Balaban J connectivity index is 3.36. The van der Waals surface area contributed by atoms with Crippen LogP contribution in [0.3, 0.4) is 0 Å². The number of carbonyl (C=O) groups is 1. The van der Waals surface area contributed by atoms with Gasteiger partial charge >= 0.3 is 0 Å². The first kappa shape index (κ1) is 24.6. The van der Waals surface area contributed by atoms with Crippen LogP contribution in [0, 0.1) is 0 Å². The Morgan fingerprint density at radius 1 is 0.840 bits per heavy atom. The molecule has 3 nitrogen and oxygen atoms in total. The predicted octanol–water partition coefficient (Wildman–Crippen LogP) is 5.90. The molecule has 0 rings (SSSR count). The third-order valence-corrected chi connectivity index (χ3v) is 4.74. The van der Waals surface area contributed by atoms with E-state index in [9.17, 15) is 15.0 Å². The number of hydrogen-bond acceptors (Lipinski definition) is 3. The molecule has 0 heterocycles. The molecule has 4 heteroatoms. The van der Waals surface area contributed by atoms with E-state index < -0.39 is 11.6 Å². The Kier molecular flexibility index (Phi) is 16.8. The largest absolute Gasteiger partial charge is 0.360 e. The second-order valence-electron chi connectivity index (χ2n) is 7.01. The van der Waals surface area contributed by atoms with Crippen molar-refractivity contribution in [3.05, 3.63) is 12.2 Å². The summed E-state index contributed by atoms with van der Waals surface area (Å²) in [6.45, 7) is 2.25. The molecular weight excluding hydrogens is 336 g/mol. The molecule has 0 bridgehead atoms.